The molecule has 0 radical (unpaired) electrons. The first-order valence-corrected chi connectivity index (χ1v) is 14.7. The number of hydrogen-bond donors (Lipinski definition) is 6. The van der Waals surface area contributed by atoms with E-state index in [0.717, 1.165) is 18.3 Å². The molecule has 8 unspecified atom stereocenters. The van der Waals surface area contributed by atoms with Gasteiger partial charge in [-0.1, -0.05) is 6.92 Å². The van der Waals surface area contributed by atoms with Crippen LogP contribution in [-0.4, -0.2) is 104 Å². The number of carbonyl (C=O) groups is 2. The summed E-state index contributed by atoms with van der Waals surface area (Å²) in [6.07, 6.45) is -0.809. The number of hydrogen-bond acceptors (Lipinski definition) is 11. The number of ether oxygens (including phenoxy) is 3. The van der Waals surface area contributed by atoms with Crippen LogP contribution in [0.2, 0.25) is 0 Å². The van der Waals surface area contributed by atoms with Crippen LogP contribution in [0.15, 0.2) is 11.6 Å². The van der Waals surface area contributed by atoms with Crippen LogP contribution in [-0.2, 0) is 23.8 Å². The zero-order valence-electron chi connectivity index (χ0n) is 22.9. The maximum absolute atomic E-state index is 13.0. The summed E-state index contributed by atoms with van der Waals surface area (Å²) in [4.78, 5) is 24.8. The van der Waals surface area contributed by atoms with E-state index in [2.05, 4.69) is 6.92 Å². The lowest BCUT2D eigenvalue weighted by Gasteiger charge is -2.65. The molecule has 0 spiro atoms. The first-order valence-electron chi connectivity index (χ1n) is 14.7. The molecule has 0 bridgehead atoms. The van der Waals surface area contributed by atoms with Crippen molar-refractivity contribution in [3.8, 4) is 0 Å². The predicted octanol–water partition coefficient (Wildman–Crippen LogP) is -0.278. The molecule has 40 heavy (non-hydrogen) atoms. The predicted molar refractivity (Wildman–Crippen MR) is 136 cm³/mol. The minimum absolute atomic E-state index is 0.0283. The van der Waals surface area contributed by atoms with E-state index in [1.807, 2.05) is 0 Å². The number of aliphatic hydroxyl groups is 6. The largest absolute Gasteiger partial charge is 0.458 e. The molecule has 11 nitrogen and oxygen atoms in total. The van der Waals surface area contributed by atoms with Crippen LogP contribution in [0.25, 0.3) is 0 Å². The van der Waals surface area contributed by atoms with E-state index < -0.39 is 65.4 Å². The van der Waals surface area contributed by atoms with E-state index in [1.54, 1.807) is 6.08 Å². The Morgan fingerprint density at radius 1 is 1.00 bits per heavy atom. The normalized spacial score (nSPS) is 54.1. The second kappa shape index (κ2) is 9.80. The van der Waals surface area contributed by atoms with Crippen LogP contribution in [0, 0.1) is 28.6 Å². The van der Waals surface area contributed by atoms with Gasteiger partial charge in [0.25, 0.3) is 0 Å². The van der Waals surface area contributed by atoms with Crippen LogP contribution >= 0.6 is 0 Å². The Bertz CT molecular complexity index is 1060. The summed E-state index contributed by atoms with van der Waals surface area (Å²) in [7, 11) is 0. The lowest BCUT2D eigenvalue weighted by molar-refractivity contribution is -0.322. The number of rotatable bonds is 5. The average Bonchev–Trinajstić information content (AvgIpc) is 3.48. The Labute approximate surface area is 233 Å². The van der Waals surface area contributed by atoms with Crippen LogP contribution in [0.5, 0.6) is 0 Å². The van der Waals surface area contributed by atoms with Crippen LogP contribution < -0.4 is 0 Å². The molecule has 4 saturated carbocycles. The SMILES string of the molecule is CC12CCC3C(CCC4(O)CC(O[C@@H]5O[C@H](CO)[C@@H](O)[C@H](O)[C@H]5O)CCC34C=O)C1(O)CCC2C1=CC(=O)OC1. The second-order valence-electron chi connectivity index (χ2n) is 13.4. The fourth-order valence-corrected chi connectivity index (χ4v) is 9.80. The maximum Gasteiger partial charge on any atom is 0.331 e. The van der Waals surface area contributed by atoms with E-state index in [-0.39, 0.29) is 36.8 Å². The third kappa shape index (κ3) is 3.85. The molecule has 2 heterocycles. The Hall–Kier alpha value is -1.44. The molecule has 224 valence electrons. The van der Waals surface area contributed by atoms with Crippen LogP contribution in [0.4, 0.5) is 0 Å². The first-order chi connectivity index (χ1) is 18.9. The van der Waals surface area contributed by atoms with Gasteiger partial charge in [-0.3, -0.25) is 0 Å². The molecule has 6 rings (SSSR count). The summed E-state index contributed by atoms with van der Waals surface area (Å²) in [5, 5.41) is 64.6. The van der Waals surface area contributed by atoms with Gasteiger partial charge < -0.3 is 49.6 Å². The number of aldehydes is 1. The quantitative estimate of drug-likeness (QED) is 0.146. The van der Waals surface area contributed by atoms with Crippen molar-refractivity contribution in [1.82, 2.24) is 0 Å². The van der Waals surface area contributed by atoms with Crippen LogP contribution in [0.1, 0.15) is 64.7 Å². The molecule has 0 aromatic carbocycles. The topological polar surface area (TPSA) is 183 Å². The number of fused-ring (bicyclic) bond motifs is 5. The van der Waals surface area contributed by atoms with Crippen molar-refractivity contribution >= 4 is 12.3 Å². The summed E-state index contributed by atoms with van der Waals surface area (Å²) >= 11 is 0. The summed E-state index contributed by atoms with van der Waals surface area (Å²) in [6, 6.07) is 0. The molecule has 0 amide bonds. The van der Waals surface area contributed by atoms with Gasteiger partial charge in [-0.2, -0.15) is 0 Å². The molecule has 6 N–H and O–H groups in total. The van der Waals surface area contributed by atoms with Gasteiger partial charge in [0.2, 0.25) is 0 Å². The summed E-state index contributed by atoms with van der Waals surface area (Å²) in [5.74, 6) is -0.707. The molecule has 2 aliphatic heterocycles. The van der Waals surface area contributed by atoms with Crippen molar-refractivity contribution < 1.29 is 54.4 Å². The maximum atomic E-state index is 13.0. The Kier molecular flexibility index (Phi) is 7.03. The van der Waals surface area contributed by atoms with Crippen molar-refractivity contribution in [2.75, 3.05) is 13.2 Å². The number of esters is 1. The van der Waals surface area contributed by atoms with E-state index in [1.165, 1.54) is 0 Å². The molecule has 11 heteroatoms. The standard InChI is InChI=1S/C29H42O11/c1-26-6-3-18-19(29(26,37)9-5-17(26)15-10-21(32)38-13-15)4-8-28(36)11-16(2-7-27(18,28)14-31)39-25-24(35)23(34)22(33)20(12-30)40-25/h10,14,16-20,22-25,30,33-37H,2-9,11-13H2,1H3/t16?,17?,18?,19?,20-,22-,23+,24-,25-,26?,27?,28?,29?/m1/s1. The van der Waals surface area contributed by atoms with Crippen LogP contribution in [0.3, 0.4) is 0 Å². The third-order valence-electron chi connectivity index (χ3n) is 12.0. The minimum Gasteiger partial charge on any atom is -0.458 e. The van der Waals surface area contributed by atoms with Crippen molar-refractivity contribution in [2.45, 2.75) is 113 Å². The monoisotopic (exact) mass is 566 g/mol. The van der Waals surface area contributed by atoms with E-state index in [9.17, 15) is 40.2 Å². The highest BCUT2D eigenvalue weighted by atomic mass is 16.7. The molecule has 5 fully saturated rings. The number of carbonyl (C=O) groups excluding carboxylic acids is 2. The Morgan fingerprint density at radius 3 is 2.42 bits per heavy atom. The molecule has 4 aliphatic carbocycles. The summed E-state index contributed by atoms with van der Waals surface area (Å²) in [6.45, 7) is 1.79. The third-order valence-corrected chi connectivity index (χ3v) is 12.0. The fourth-order valence-electron chi connectivity index (χ4n) is 9.80. The molecule has 0 aromatic rings. The van der Waals surface area contributed by atoms with Gasteiger partial charge in [0, 0.05) is 17.9 Å². The highest BCUT2D eigenvalue weighted by Crippen LogP contribution is 2.70. The van der Waals surface area contributed by atoms with Crippen molar-refractivity contribution in [3.05, 3.63) is 11.6 Å². The molecule has 6 aliphatic rings. The molecular weight excluding hydrogens is 524 g/mol. The van der Waals surface area contributed by atoms with Crippen molar-refractivity contribution in [3.63, 3.8) is 0 Å². The van der Waals surface area contributed by atoms with Gasteiger partial charge in [0.05, 0.1) is 29.3 Å². The highest BCUT2D eigenvalue weighted by molar-refractivity contribution is 5.85. The first kappa shape index (κ1) is 28.7. The van der Waals surface area contributed by atoms with Gasteiger partial charge >= 0.3 is 5.97 Å². The van der Waals surface area contributed by atoms with E-state index >= 15 is 0 Å². The lowest BCUT2D eigenvalue weighted by atomic mass is 9.41. The van der Waals surface area contributed by atoms with Gasteiger partial charge in [-0.15, -0.1) is 0 Å². The Balaban J connectivity index is 1.22. The Morgan fingerprint density at radius 2 is 1.75 bits per heavy atom. The molecule has 1 saturated heterocycles. The van der Waals surface area contributed by atoms with Gasteiger partial charge in [0.1, 0.15) is 37.3 Å². The number of cyclic esters (lactones) is 1. The molecule has 0 aromatic heterocycles. The summed E-state index contributed by atoms with van der Waals surface area (Å²) < 4.78 is 16.7. The zero-order valence-corrected chi connectivity index (χ0v) is 22.9. The zero-order chi connectivity index (χ0) is 28.7. The summed E-state index contributed by atoms with van der Waals surface area (Å²) in [5.41, 5.74) is -3.01. The number of aliphatic hydroxyl groups excluding tert-OH is 4. The van der Waals surface area contributed by atoms with Crippen molar-refractivity contribution in [1.29, 1.82) is 0 Å². The van der Waals surface area contributed by atoms with E-state index in [4.69, 9.17) is 14.2 Å². The second-order valence-corrected chi connectivity index (χ2v) is 13.4. The molecular formula is C29H42O11. The minimum atomic E-state index is -1.57. The molecule has 13 atom stereocenters. The van der Waals surface area contributed by atoms with Gasteiger partial charge in [0.15, 0.2) is 6.29 Å². The average molecular weight is 567 g/mol. The van der Waals surface area contributed by atoms with E-state index in [0.29, 0.717) is 44.9 Å². The smallest absolute Gasteiger partial charge is 0.331 e. The van der Waals surface area contributed by atoms with Crippen molar-refractivity contribution in [2.24, 2.45) is 28.6 Å². The van der Waals surface area contributed by atoms with Gasteiger partial charge in [-0.05, 0) is 74.7 Å². The fraction of sp³-hybridized carbons (Fsp3) is 0.862. The lowest BCUT2D eigenvalue weighted by Crippen LogP contribution is -2.69. The highest BCUT2D eigenvalue weighted by Gasteiger charge is 2.71. The van der Waals surface area contributed by atoms with Gasteiger partial charge in [-0.25, -0.2) is 4.79 Å².